The third kappa shape index (κ3) is 3.16. The molecule has 1 aromatic carbocycles. The summed E-state index contributed by atoms with van der Waals surface area (Å²) in [7, 11) is -1.99. The highest BCUT2D eigenvalue weighted by Gasteiger charge is 2.35. The normalized spacial score (nSPS) is 19.2. The molecule has 0 aliphatic carbocycles. The summed E-state index contributed by atoms with van der Waals surface area (Å²) in [5, 5.41) is 0. The van der Waals surface area contributed by atoms with Crippen LogP contribution in [0.2, 0.25) is 0 Å². The number of hydrogen-bond donors (Lipinski definition) is 0. The van der Waals surface area contributed by atoms with Crippen molar-refractivity contribution in [2.45, 2.75) is 37.1 Å². The van der Waals surface area contributed by atoms with Crippen molar-refractivity contribution in [3.8, 4) is 5.88 Å². The maximum Gasteiger partial charge on any atom is 0.243 e. The van der Waals surface area contributed by atoms with Crippen LogP contribution in [-0.2, 0) is 10.0 Å². The van der Waals surface area contributed by atoms with E-state index >= 15 is 0 Å². The number of benzene rings is 1. The van der Waals surface area contributed by atoms with Gasteiger partial charge < -0.3 is 4.74 Å². The Labute approximate surface area is 143 Å². The number of sulfonamides is 1. The molecule has 1 aliphatic heterocycles. The summed E-state index contributed by atoms with van der Waals surface area (Å²) in [6.07, 6.45) is 4.28. The summed E-state index contributed by atoms with van der Waals surface area (Å²) in [5.41, 5.74) is 1.87. The van der Waals surface area contributed by atoms with E-state index < -0.39 is 10.0 Å². The molecule has 1 saturated heterocycles. The van der Waals surface area contributed by atoms with E-state index in [-0.39, 0.29) is 6.04 Å². The molecule has 1 fully saturated rings. The van der Waals surface area contributed by atoms with Gasteiger partial charge in [0.2, 0.25) is 15.9 Å². The Morgan fingerprint density at radius 2 is 1.92 bits per heavy atom. The summed E-state index contributed by atoms with van der Waals surface area (Å²) in [4.78, 5) is 4.57. The van der Waals surface area contributed by atoms with E-state index in [0.29, 0.717) is 17.3 Å². The lowest BCUT2D eigenvalue weighted by Crippen LogP contribution is -2.38. The van der Waals surface area contributed by atoms with Crippen LogP contribution in [0.5, 0.6) is 5.88 Å². The van der Waals surface area contributed by atoms with Crippen molar-refractivity contribution < 1.29 is 13.2 Å². The maximum atomic E-state index is 13.1. The van der Waals surface area contributed by atoms with Gasteiger partial charge >= 0.3 is 0 Å². The molecule has 0 amide bonds. The van der Waals surface area contributed by atoms with Crippen LogP contribution in [0.3, 0.4) is 0 Å². The number of aromatic nitrogens is 1. The van der Waals surface area contributed by atoms with Crippen LogP contribution in [0.25, 0.3) is 0 Å². The Hall–Kier alpha value is -1.92. The van der Waals surface area contributed by atoms with Gasteiger partial charge in [-0.3, -0.25) is 0 Å². The average molecular weight is 346 g/mol. The molecule has 0 radical (unpaired) electrons. The lowest BCUT2D eigenvalue weighted by atomic mass is 9.98. The standard InChI is InChI=1S/C18H22N2O3S/c1-14-8-10-15(11-9-14)24(21,22)20-13-4-3-7-17(20)16-6-5-12-19-18(16)23-2/h5-6,8-12,17H,3-4,7,13H2,1-2H3. The van der Waals surface area contributed by atoms with Crippen LogP contribution >= 0.6 is 0 Å². The summed E-state index contributed by atoms with van der Waals surface area (Å²) in [5.74, 6) is 0.494. The van der Waals surface area contributed by atoms with E-state index in [2.05, 4.69) is 4.98 Å². The van der Waals surface area contributed by atoms with Gasteiger partial charge in [0.05, 0.1) is 18.0 Å². The number of piperidine rings is 1. The molecule has 6 heteroatoms. The lowest BCUT2D eigenvalue weighted by molar-refractivity contribution is 0.248. The van der Waals surface area contributed by atoms with E-state index in [0.717, 1.165) is 30.4 Å². The molecule has 1 unspecified atom stereocenters. The highest BCUT2D eigenvalue weighted by molar-refractivity contribution is 7.89. The second-order valence-corrected chi connectivity index (χ2v) is 7.93. The highest BCUT2D eigenvalue weighted by Crippen LogP contribution is 2.38. The molecule has 128 valence electrons. The molecule has 1 aromatic heterocycles. The Balaban J connectivity index is 2.02. The fraction of sp³-hybridized carbons (Fsp3) is 0.389. The van der Waals surface area contributed by atoms with E-state index in [1.165, 1.54) is 0 Å². The lowest BCUT2D eigenvalue weighted by Gasteiger charge is -2.35. The maximum absolute atomic E-state index is 13.1. The topological polar surface area (TPSA) is 59.5 Å². The van der Waals surface area contributed by atoms with E-state index in [9.17, 15) is 8.42 Å². The zero-order valence-electron chi connectivity index (χ0n) is 14.0. The molecule has 0 saturated carbocycles. The predicted octanol–water partition coefficient (Wildman–Crippen LogP) is 3.31. The zero-order valence-corrected chi connectivity index (χ0v) is 14.8. The van der Waals surface area contributed by atoms with Crippen molar-refractivity contribution in [1.82, 2.24) is 9.29 Å². The molecule has 1 atom stereocenters. The van der Waals surface area contributed by atoms with Gasteiger partial charge in [0, 0.05) is 18.3 Å². The number of nitrogens with zero attached hydrogens (tertiary/aromatic N) is 2. The van der Waals surface area contributed by atoms with E-state index in [1.807, 2.05) is 31.2 Å². The predicted molar refractivity (Wildman–Crippen MR) is 92.5 cm³/mol. The van der Waals surface area contributed by atoms with Gasteiger partial charge in [0.1, 0.15) is 0 Å². The molecule has 2 aromatic rings. The van der Waals surface area contributed by atoms with Crippen LogP contribution in [0.1, 0.15) is 36.4 Å². The van der Waals surface area contributed by atoms with Gasteiger partial charge in [-0.05, 0) is 38.0 Å². The number of rotatable bonds is 4. The fourth-order valence-corrected chi connectivity index (χ4v) is 4.85. The monoisotopic (exact) mass is 346 g/mol. The number of aryl methyl sites for hydroxylation is 1. The van der Waals surface area contributed by atoms with Gasteiger partial charge in [-0.15, -0.1) is 0 Å². The van der Waals surface area contributed by atoms with E-state index in [1.54, 1.807) is 29.7 Å². The second-order valence-electron chi connectivity index (χ2n) is 6.04. The Morgan fingerprint density at radius 3 is 2.62 bits per heavy atom. The van der Waals surface area contributed by atoms with Crippen molar-refractivity contribution in [1.29, 1.82) is 0 Å². The first-order valence-electron chi connectivity index (χ1n) is 8.11. The first kappa shape index (κ1) is 16.9. The highest BCUT2D eigenvalue weighted by atomic mass is 32.2. The van der Waals surface area contributed by atoms with Crippen molar-refractivity contribution in [2.24, 2.45) is 0 Å². The van der Waals surface area contributed by atoms with Gasteiger partial charge in [0.25, 0.3) is 0 Å². The minimum absolute atomic E-state index is 0.242. The van der Waals surface area contributed by atoms with Gasteiger partial charge in [-0.1, -0.05) is 30.2 Å². The van der Waals surface area contributed by atoms with Crippen LogP contribution in [0, 0.1) is 6.92 Å². The van der Waals surface area contributed by atoms with Crippen molar-refractivity contribution in [2.75, 3.05) is 13.7 Å². The van der Waals surface area contributed by atoms with Crippen LogP contribution in [0.15, 0.2) is 47.5 Å². The van der Waals surface area contributed by atoms with E-state index in [4.69, 9.17) is 4.74 Å². The van der Waals surface area contributed by atoms with Crippen molar-refractivity contribution in [3.63, 3.8) is 0 Å². The van der Waals surface area contributed by atoms with Gasteiger partial charge in [-0.25, -0.2) is 13.4 Å². The number of pyridine rings is 1. The second kappa shape index (κ2) is 6.91. The largest absolute Gasteiger partial charge is 0.481 e. The number of methoxy groups -OCH3 is 1. The fourth-order valence-electron chi connectivity index (χ4n) is 3.18. The Morgan fingerprint density at radius 1 is 1.17 bits per heavy atom. The first-order valence-corrected chi connectivity index (χ1v) is 9.55. The summed E-state index contributed by atoms with van der Waals surface area (Å²) in [6.45, 7) is 2.46. The molecule has 2 heterocycles. The molecular weight excluding hydrogens is 324 g/mol. The summed E-state index contributed by atoms with van der Waals surface area (Å²) >= 11 is 0. The van der Waals surface area contributed by atoms with Crippen LogP contribution in [-0.4, -0.2) is 31.4 Å². The SMILES string of the molecule is COc1ncccc1C1CCCCN1S(=O)(=O)c1ccc(C)cc1. The molecule has 1 aliphatic rings. The minimum atomic E-state index is -3.55. The summed E-state index contributed by atoms with van der Waals surface area (Å²) < 4.78 is 33.2. The molecule has 0 spiro atoms. The zero-order chi connectivity index (χ0) is 17.2. The van der Waals surface area contributed by atoms with Crippen LogP contribution < -0.4 is 4.74 Å². The van der Waals surface area contributed by atoms with Crippen LogP contribution in [0.4, 0.5) is 0 Å². The van der Waals surface area contributed by atoms with Gasteiger partial charge in [0.15, 0.2) is 0 Å². The molecule has 3 rings (SSSR count). The minimum Gasteiger partial charge on any atom is -0.481 e. The quantitative estimate of drug-likeness (QED) is 0.852. The number of ether oxygens (including phenoxy) is 1. The smallest absolute Gasteiger partial charge is 0.243 e. The van der Waals surface area contributed by atoms with Gasteiger partial charge in [-0.2, -0.15) is 4.31 Å². The number of hydrogen-bond acceptors (Lipinski definition) is 4. The average Bonchev–Trinajstić information content (AvgIpc) is 2.62. The first-order chi connectivity index (χ1) is 11.5. The Kier molecular flexibility index (Phi) is 4.87. The molecule has 0 bridgehead atoms. The van der Waals surface area contributed by atoms with Crippen molar-refractivity contribution >= 4 is 10.0 Å². The molecular formula is C18H22N2O3S. The molecule has 5 nitrogen and oxygen atoms in total. The third-order valence-corrected chi connectivity index (χ3v) is 6.36. The van der Waals surface area contributed by atoms with Crippen molar-refractivity contribution in [3.05, 3.63) is 53.7 Å². The molecule has 24 heavy (non-hydrogen) atoms. The Bertz CT molecular complexity index is 803. The third-order valence-electron chi connectivity index (χ3n) is 4.43. The summed E-state index contributed by atoms with van der Waals surface area (Å²) in [6, 6.07) is 10.5. The molecule has 0 N–H and O–H groups in total.